The summed E-state index contributed by atoms with van der Waals surface area (Å²) in [5.41, 5.74) is 2.43. The molecule has 1 aliphatic heterocycles. The van der Waals surface area contributed by atoms with E-state index in [0.717, 1.165) is 24.7 Å². The van der Waals surface area contributed by atoms with Crippen LogP contribution in [-0.2, 0) is 0 Å². The fourth-order valence-electron chi connectivity index (χ4n) is 3.72. The quantitative estimate of drug-likeness (QED) is 0.875. The highest BCUT2D eigenvalue weighted by Crippen LogP contribution is 2.22. The molecule has 1 aliphatic rings. The summed E-state index contributed by atoms with van der Waals surface area (Å²) in [7, 11) is 0. The molecule has 2 heterocycles. The Labute approximate surface area is 145 Å². The normalized spacial score (nSPS) is 17.4. The van der Waals surface area contributed by atoms with Crippen molar-refractivity contribution in [2.75, 3.05) is 18.0 Å². The summed E-state index contributed by atoms with van der Waals surface area (Å²) in [4.78, 5) is 2.50. The van der Waals surface area contributed by atoms with Gasteiger partial charge in [0.1, 0.15) is 0 Å². The van der Waals surface area contributed by atoms with Crippen LogP contribution in [0.25, 0.3) is 5.69 Å². The third-order valence-corrected chi connectivity index (χ3v) is 4.82. The van der Waals surface area contributed by atoms with Gasteiger partial charge < -0.3 is 10.2 Å². The summed E-state index contributed by atoms with van der Waals surface area (Å²) < 4.78 is 1.90. The SMILES string of the molecule is CC(C)C[C@H](C)NC1CCN(c2ccc(-n3cccn3)cc2)CC1. The van der Waals surface area contributed by atoms with Crippen molar-refractivity contribution in [3.05, 3.63) is 42.7 Å². The average Bonchev–Trinajstić information content (AvgIpc) is 3.09. The molecule has 130 valence electrons. The maximum absolute atomic E-state index is 4.28. The molecule has 2 aromatic rings. The van der Waals surface area contributed by atoms with Gasteiger partial charge in [-0.25, -0.2) is 4.68 Å². The molecule has 1 aromatic carbocycles. The van der Waals surface area contributed by atoms with E-state index in [2.05, 4.69) is 60.4 Å². The first-order chi connectivity index (χ1) is 11.6. The lowest BCUT2D eigenvalue weighted by Gasteiger charge is -2.35. The number of nitrogens with one attached hydrogen (secondary N) is 1. The Kier molecular flexibility index (Phi) is 5.56. The van der Waals surface area contributed by atoms with E-state index in [9.17, 15) is 0 Å². The number of benzene rings is 1. The van der Waals surface area contributed by atoms with Gasteiger partial charge in [-0.15, -0.1) is 0 Å². The Balaban J connectivity index is 1.51. The molecule has 0 radical (unpaired) electrons. The molecule has 0 saturated carbocycles. The number of anilines is 1. The van der Waals surface area contributed by atoms with E-state index in [-0.39, 0.29) is 0 Å². The summed E-state index contributed by atoms with van der Waals surface area (Å²) in [6.07, 6.45) is 7.50. The van der Waals surface area contributed by atoms with Crippen LogP contribution in [-0.4, -0.2) is 35.0 Å². The highest BCUT2D eigenvalue weighted by atomic mass is 15.3. The van der Waals surface area contributed by atoms with Gasteiger partial charge in [-0.3, -0.25) is 0 Å². The molecule has 1 N–H and O–H groups in total. The molecule has 0 aliphatic carbocycles. The minimum atomic E-state index is 0.620. The zero-order valence-electron chi connectivity index (χ0n) is 15.2. The second kappa shape index (κ2) is 7.84. The topological polar surface area (TPSA) is 33.1 Å². The van der Waals surface area contributed by atoms with Crippen molar-refractivity contribution in [3.63, 3.8) is 0 Å². The lowest BCUT2D eigenvalue weighted by molar-refractivity contribution is 0.346. The van der Waals surface area contributed by atoms with Gasteiger partial charge in [0, 0.05) is 43.3 Å². The second-order valence-corrected chi connectivity index (χ2v) is 7.43. The molecule has 1 saturated heterocycles. The molecular formula is C20H30N4. The number of rotatable bonds is 6. The Bertz CT molecular complexity index is 595. The zero-order valence-corrected chi connectivity index (χ0v) is 15.2. The van der Waals surface area contributed by atoms with Crippen molar-refractivity contribution in [2.24, 2.45) is 5.92 Å². The van der Waals surface area contributed by atoms with Crippen LogP contribution in [0.1, 0.15) is 40.0 Å². The molecule has 4 nitrogen and oxygen atoms in total. The van der Waals surface area contributed by atoms with Crippen LogP contribution < -0.4 is 10.2 Å². The van der Waals surface area contributed by atoms with Crippen molar-refractivity contribution in [1.29, 1.82) is 0 Å². The van der Waals surface area contributed by atoms with E-state index >= 15 is 0 Å². The largest absolute Gasteiger partial charge is 0.371 e. The lowest BCUT2D eigenvalue weighted by Crippen LogP contribution is -2.45. The average molecular weight is 326 g/mol. The second-order valence-electron chi connectivity index (χ2n) is 7.43. The van der Waals surface area contributed by atoms with Crippen molar-refractivity contribution >= 4 is 5.69 Å². The molecule has 0 unspecified atom stereocenters. The standard InChI is InChI=1S/C20H30N4/c1-16(2)15-17(3)22-18-9-13-23(14-10-18)19-5-7-20(8-6-19)24-12-4-11-21-24/h4-8,11-12,16-18,22H,9-10,13-15H2,1-3H3/t17-/m0/s1. The zero-order chi connectivity index (χ0) is 16.9. The molecule has 3 rings (SSSR count). The van der Waals surface area contributed by atoms with Crippen LogP contribution in [0, 0.1) is 5.92 Å². The minimum absolute atomic E-state index is 0.620. The van der Waals surface area contributed by atoms with E-state index in [1.165, 1.54) is 24.9 Å². The molecule has 0 bridgehead atoms. The smallest absolute Gasteiger partial charge is 0.0647 e. The number of nitrogens with zero attached hydrogens (tertiary/aromatic N) is 3. The minimum Gasteiger partial charge on any atom is -0.371 e. The molecule has 24 heavy (non-hydrogen) atoms. The van der Waals surface area contributed by atoms with Crippen molar-refractivity contribution in [1.82, 2.24) is 15.1 Å². The van der Waals surface area contributed by atoms with Gasteiger partial charge in [-0.1, -0.05) is 13.8 Å². The first kappa shape index (κ1) is 17.0. The van der Waals surface area contributed by atoms with E-state index < -0.39 is 0 Å². The summed E-state index contributed by atoms with van der Waals surface area (Å²) in [6.45, 7) is 9.18. The van der Waals surface area contributed by atoms with Gasteiger partial charge in [-0.2, -0.15) is 5.10 Å². The van der Waals surface area contributed by atoms with Crippen molar-refractivity contribution < 1.29 is 0 Å². The monoisotopic (exact) mass is 326 g/mol. The highest BCUT2D eigenvalue weighted by molar-refractivity contribution is 5.51. The molecule has 1 fully saturated rings. The Morgan fingerprint density at radius 3 is 2.33 bits per heavy atom. The van der Waals surface area contributed by atoms with Crippen LogP contribution in [0.2, 0.25) is 0 Å². The Morgan fingerprint density at radius 1 is 1.08 bits per heavy atom. The van der Waals surface area contributed by atoms with Gasteiger partial charge >= 0.3 is 0 Å². The summed E-state index contributed by atoms with van der Waals surface area (Å²) in [5, 5.41) is 8.09. The summed E-state index contributed by atoms with van der Waals surface area (Å²) in [6, 6.07) is 12.0. The third kappa shape index (κ3) is 4.38. The van der Waals surface area contributed by atoms with Crippen molar-refractivity contribution in [2.45, 2.75) is 52.1 Å². The van der Waals surface area contributed by atoms with Crippen LogP contribution in [0.3, 0.4) is 0 Å². The van der Waals surface area contributed by atoms with Crippen LogP contribution in [0.5, 0.6) is 0 Å². The fraction of sp³-hybridized carbons (Fsp3) is 0.550. The lowest BCUT2D eigenvalue weighted by atomic mass is 10.00. The van der Waals surface area contributed by atoms with Gasteiger partial charge in [0.05, 0.1) is 5.69 Å². The van der Waals surface area contributed by atoms with Crippen LogP contribution in [0.4, 0.5) is 5.69 Å². The molecule has 0 spiro atoms. The van der Waals surface area contributed by atoms with E-state index in [4.69, 9.17) is 0 Å². The van der Waals surface area contributed by atoms with Crippen molar-refractivity contribution in [3.8, 4) is 5.69 Å². The number of hydrogen-bond acceptors (Lipinski definition) is 3. The van der Waals surface area contributed by atoms with Crippen LogP contribution in [0.15, 0.2) is 42.7 Å². The van der Waals surface area contributed by atoms with Gasteiger partial charge in [0.2, 0.25) is 0 Å². The van der Waals surface area contributed by atoms with E-state index in [0.29, 0.717) is 12.1 Å². The molecule has 4 heteroatoms. The van der Waals surface area contributed by atoms with E-state index in [1.54, 1.807) is 0 Å². The predicted octanol–water partition coefficient (Wildman–Crippen LogP) is 3.87. The predicted molar refractivity (Wildman–Crippen MR) is 101 cm³/mol. The molecule has 0 amide bonds. The maximum Gasteiger partial charge on any atom is 0.0647 e. The molecule has 1 atom stereocenters. The number of hydrogen-bond donors (Lipinski definition) is 1. The number of piperidine rings is 1. The molecule has 1 aromatic heterocycles. The highest BCUT2D eigenvalue weighted by Gasteiger charge is 2.20. The maximum atomic E-state index is 4.28. The summed E-state index contributed by atoms with van der Waals surface area (Å²) in [5.74, 6) is 0.765. The van der Waals surface area contributed by atoms with Gasteiger partial charge in [-0.05, 0) is 62.4 Å². The first-order valence-electron chi connectivity index (χ1n) is 9.23. The fourth-order valence-corrected chi connectivity index (χ4v) is 3.72. The van der Waals surface area contributed by atoms with Crippen LogP contribution >= 0.6 is 0 Å². The van der Waals surface area contributed by atoms with Gasteiger partial charge in [0.15, 0.2) is 0 Å². The summed E-state index contributed by atoms with van der Waals surface area (Å²) >= 11 is 0. The third-order valence-electron chi connectivity index (χ3n) is 4.82. The Morgan fingerprint density at radius 2 is 1.75 bits per heavy atom. The molecular weight excluding hydrogens is 296 g/mol. The van der Waals surface area contributed by atoms with Gasteiger partial charge in [0.25, 0.3) is 0 Å². The number of aromatic nitrogens is 2. The first-order valence-corrected chi connectivity index (χ1v) is 9.23. The van der Waals surface area contributed by atoms with E-state index in [1.807, 2.05) is 23.1 Å². The Hall–Kier alpha value is -1.81.